The molecule has 1 rings (SSSR count). The van der Waals surface area contributed by atoms with E-state index in [1.807, 2.05) is 0 Å². The van der Waals surface area contributed by atoms with Crippen LogP contribution in [-0.4, -0.2) is 48.4 Å². The van der Waals surface area contributed by atoms with Crippen LogP contribution in [0.3, 0.4) is 0 Å². The van der Waals surface area contributed by atoms with E-state index in [-0.39, 0.29) is 0 Å². The Hall–Kier alpha value is -1.14. The molecule has 6 nitrogen and oxygen atoms in total. The van der Waals surface area contributed by atoms with Crippen molar-refractivity contribution >= 4 is 11.9 Å². The van der Waals surface area contributed by atoms with E-state index >= 15 is 0 Å². The number of carbonyl (C=O) groups is 2. The molecule has 0 saturated carbocycles. The molecule has 0 atom stereocenters. The Morgan fingerprint density at radius 3 is 2.42 bits per heavy atom. The monoisotopic (exact) mass is 175 g/mol. The minimum Gasteiger partial charge on any atom is -0.473 e. The number of hydrogen-bond donors (Lipinski definition) is 1. The predicted molar refractivity (Wildman–Crippen MR) is 36.1 cm³/mol. The van der Waals surface area contributed by atoms with E-state index < -0.39 is 11.9 Å². The molecule has 1 N–H and O–H groups in total. The fourth-order valence-electron chi connectivity index (χ4n) is 0.794. The Morgan fingerprint density at radius 1 is 1.33 bits per heavy atom. The summed E-state index contributed by atoms with van der Waals surface area (Å²) in [6, 6.07) is 0. The Labute approximate surface area is 68.6 Å². The fourth-order valence-corrected chi connectivity index (χ4v) is 0.794. The number of carbonyl (C=O) groups excluding carboxylic acids is 1. The molecule has 68 valence electrons. The molecule has 0 aromatic heterocycles. The number of aliphatic carboxylic acids is 1. The van der Waals surface area contributed by atoms with Crippen LogP contribution in [-0.2, 0) is 19.2 Å². The summed E-state index contributed by atoms with van der Waals surface area (Å²) in [4.78, 5) is 25.0. The van der Waals surface area contributed by atoms with Gasteiger partial charge in [0.05, 0.1) is 26.3 Å². The zero-order chi connectivity index (χ0) is 8.97. The highest BCUT2D eigenvalue weighted by molar-refractivity contribution is 6.28. The molecule has 0 aliphatic carbocycles. The zero-order valence-corrected chi connectivity index (χ0v) is 6.36. The van der Waals surface area contributed by atoms with Crippen LogP contribution in [0.2, 0.25) is 0 Å². The van der Waals surface area contributed by atoms with E-state index in [4.69, 9.17) is 9.84 Å². The molecular weight excluding hydrogens is 166 g/mol. The largest absolute Gasteiger partial charge is 0.473 e. The third kappa shape index (κ3) is 2.48. The van der Waals surface area contributed by atoms with Crippen molar-refractivity contribution in [1.82, 2.24) is 5.06 Å². The lowest BCUT2D eigenvalue weighted by Gasteiger charge is -2.23. The lowest BCUT2D eigenvalue weighted by molar-refractivity contribution is -0.209. The maximum absolute atomic E-state index is 10.5. The summed E-state index contributed by atoms with van der Waals surface area (Å²) in [5.74, 6) is -2.83. The van der Waals surface area contributed by atoms with Crippen LogP contribution in [0.4, 0.5) is 0 Å². The molecule has 1 heterocycles. The molecule has 0 amide bonds. The Morgan fingerprint density at radius 2 is 1.92 bits per heavy atom. The van der Waals surface area contributed by atoms with Gasteiger partial charge in [0.25, 0.3) is 0 Å². The molecule has 1 aliphatic heterocycles. The summed E-state index contributed by atoms with van der Waals surface area (Å²) in [5.41, 5.74) is 0. The number of carboxylic acid groups (broad SMARTS) is 1. The van der Waals surface area contributed by atoms with Crippen molar-refractivity contribution in [2.24, 2.45) is 0 Å². The highest BCUT2D eigenvalue weighted by atomic mass is 16.7. The van der Waals surface area contributed by atoms with E-state index in [1.165, 1.54) is 5.06 Å². The minimum absolute atomic E-state index is 0.416. The average Bonchev–Trinajstić information content (AvgIpc) is 2.06. The maximum Gasteiger partial charge on any atom is 0.436 e. The first-order valence-corrected chi connectivity index (χ1v) is 3.48. The van der Waals surface area contributed by atoms with Crippen LogP contribution >= 0.6 is 0 Å². The van der Waals surface area contributed by atoms with Gasteiger partial charge >= 0.3 is 11.9 Å². The number of rotatable bonds is 1. The summed E-state index contributed by atoms with van der Waals surface area (Å²) < 4.78 is 4.96. The summed E-state index contributed by atoms with van der Waals surface area (Å²) in [6.07, 6.45) is 0. The topological polar surface area (TPSA) is 76.1 Å². The van der Waals surface area contributed by atoms with Gasteiger partial charge in [-0.2, -0.15) is 0 Å². The molecule has 0 aromatic carbocycles. The second-order valence-corrected chi connectivity index (χ2v) is 2.23. The van der Waals surface area contributed by atoms with Gasteiger partial charge in [-0.25, -0.2) is 9.59 Å². The number of hydroxylamine groups is 2. The van der Waals surface area contributed by atoms with Crippen molar-refractivity contribution in [3.8, 4) is 0 Å². The fraction of sp³-hybridized carbons (Fsp3) is 0.667. The van der Waals surface area contributed by atoms with E-state index in [9.17, 15) is 9.59 Å². The standard InChI is InChI=1S/C6H9NO5/c8-5(9)6(10)12-7-1-3-11-4-2-7/h1-4H2,(H,8,9). The van der Waals surface area contributed by atoms with Gasteiger partial charge in [0.1, 0.15) is 0 Å². The highest BCUT2D eigenvalue weighted by Crippen LogP contribution is 1.97. The van der Waals surface area contributed by atoms with Crippen molar-refractivity contribution in [3.05, 3.63) is 0 Å². The molecule has 1 fully saturated rings. The molecule has 0 unspecified atom stereocenters. The van der Waals surface area contributed by atoms with Gasteiger partial charge in [-0.3, -0.25) is 0 Å². The van der Waals surface area contributed by atoms with E-state index in [2.05, 4.69) is 4.84 Å². The van der Waals surface area contributed by atoms with Crippen LogP contribution < -0.4 is 0 Å². The van der Waals surface area contributed by atoms with Gasteiger partial charge in [-0.1, -0.05) is 0 Å². The third-order valence-corrected chi connectivity index (χ3v) is 1.36. The van der Waals surface area contributed by atoms with Crippen molar-refractivity contribution in [1.29, 1.82) is 0 Å². The van der Waals surface area contributed by atoms with Gasteiger partial charge < -0.3 is 14.7 Å². The number of hydrogen-bond acceptors (Lipinski definition) is 5. The molecule has 6 heteroatoms. The van der Waals surface area contributed by atoms with Crippen LogP contribution in [0.1, 0.15) is 0 Å². The predicted octanol–water partition coefficient (Wildman–Crippen LogP) is -1.14. The Bertz CT molecular complexity index is 186. The van der Waals surface area contributed by atoms with Crippen LogP contribution in [0.15, 0.2) is 0 Å². The lowest BCUT2D eigenvalue weighted by atomic mass is 10.5. The third-order valence-electron chi connectivity index (χ3n) is 1.36. The van der Waals surface area contributed by atoms with Crippen molar-refractivity contribution < 1.29 is 24.3 Å². The van der Waals surface area contributed by atoms with Crippen LogP contribution in [0.25, 0.3) is 0 Å². The summed E-state index contributed by atoms with van der Waals surface area (Å²) in [5, 5.41) is 9.46. The van der Waals surface area contributed by atoms with E-state index in [1.54, 1.807) is 0 Å². The van der Waals surface area contributed by atoms with E-state index in [0.717, 1.165) is 0 Å². The lowest BCUT2D eigenvalue weighted by Crippen LogP contribution is -2.39. The quantitative estimate of drug-likeness (QED) is 0.508. The van der Waals surface area contributed by atoms with Crippen molar-refractivity contribution in [3.63, 3.8) is 0 Å². The van der Waals surface area contributed by atoms with Crippen LogP contribution in [0.5, 0.6) is 0 Å². The number of carboxylic acids is 1. The molecule has 0 aromatic rings. The molecule has 12 heavy (non-hydrogen) atoms. The second kappa shape index (κ2) is 4.03. The van der Waals surface area contributed by atoms with Gasteiger partial charge in [0.2, 0.25) is 0 Å². The summed E-state index contributed by atoms with van der Waals surface area (Å²) in [7, 11) is 0. The average molecular weight is 175 g/mol. The van der Waals surface area contributed by atoms with E-state index in [0.29, 0.717) is 26.3 Å². The number of morpholine rings is 1. The summed E-state index contributed by atoms with van der Waals surface area (Å²) in [6.45, 7) is 1.73. The number of nitrogens with zero attached hydrogens (tertiary/aromatic N) is 1. The molecule has 0 radical (unpaired) electrons. The van der Waals surface area contributed by atoms with Gasteiger partial charge in [-0.05, 0) is 0 Å². The first kappa shape index (κ1) is 8.95. The smallest absolute Gasteiger partial charge is 0.436 e. The Kier molecular flexibility index (Phi) is 3.01. The first-order chi connectivity index (χ1) is 5.70. The van der Waals surface area contributed by atoms with Crippen LogP contribution in [0, 0.1) is 0 Å². The van der Waals surface area contributed by atoms with Crippen molar-refractivity contribution in [2.75, 3.05) is 26.3 Å². The maximum atomic E-state index is 10.5. The number of ether oxygens (including phenoxy) is 1. The highest BCUT2D eigenvalue weighted by Gasteiger charge is 2.20. The second-order valence-electron chi connectivity index (χ2n) is 2.23. The van der Waals surface area contributed by atoms with Gasteiger partial charge in [-0.15, -0.1) is 5.06 Å². The molecular formula is C6H9NO5. The zero-order valence-electron chi connectivity index (χ0n) is 6.36. The first-order valence-electron chi connectivity index (χ1n) is 3.48. The van der Waals surface area contributed by atoms with Gasteiger partial charge in [0.15, 0.2) is 0 Å². The molecule has 1 saturated heterocycles. The normalized spacial score (nSPS) is 18.7. The summed E-state index contributed by atoms with van der Waals surface area (Å²) >= 11 is 0. The molecule has 0 spiro atoms. The SMILES string of the molecule is O=C(O)C(=O)ON1CCOCC1. The Balaban J connectivity index is 2.29. The molecule has 0 bridgehead atoms. The van der Waals surface area contributed by atoms with Crippen molar-refractivity contribution in [2.45, 2.75) is 0 Å². The van der Waals surface area contributed by atoms with Gasteiger partial charge in [0, 0.05) is 0 Å². The molecule has 1 aliphatic rings. The minimum atomic E-state index is -1.58.